The fourth-order valence-corrected chi connectivity index (χ4v) is 3.05. The monoisotopic (exact) mass is 329 g/mol. The highest BCUT2D eigenvalue weighted by Gasteiger charge is 2.31. The molecule has 0 amide bonds. The number of hydrogen-bond acceptors (Lipinski definition) is 3. The Morgan fingerprint density at radius 2 is 1.65 bits per heavy atom. The standard InChI is InChI=1S/C17H26F3N3/c1-3-22(4-2)13-16(23-11-9-21-10-12-23)14-5-7-15(8-6-14)17(18,19)20/h5-8,16,21H,3-4,9-13H2,1-2H3. The van der Waals surface area contributed by atoms with Gasteiger partial charge in [-0.15, -0.1) is 0 Å². The van der Waals surface area contributed by atoms with Gasteiger partial charge in [-0.05, 0) is 30.8 Å². The Morgan fingerprint density at radius 1 is 1.09 bits per heavy atom. The van der Waals surface area contributed by atoms with Gasteiger partial charge in [-0.3, -0.25) is 4.90 Å². The molecule has 1 aromatic rings. The van der Waals surface area contributed by atoms with Crippen molar-refractivity contribution in [3.63, 3.8) is 0 Å². The number of hydrogen-bond donors (Lipinski definition) is 1. The fourth-order valence-electron chi connectivity index (χ4n) is 3.05. The van der Waals surface area contributed by atoms with E-state index < -0.39 is 11.7 Å². The normalized spacial score (nSPS) is 18.3. The van der Waals surface area contributed by atoms with Crippen molar-refractivity contribution in [2.45, 2.75) is 26.1 Å². The first-order valence-electron chi connectivity index (χ1n) is 8.30. The van der Waals surface area contributed by atoms with Crippen LogP contribution < -0.4 is 5.32 Å². The smallest absolute Gasteiger partial charge is 0.314 e. The summed E-state index contributed by atoms with van der Waals surface area (Å²) in [4.78, 5) is 4.70. The van der Waals surface area contributed by atoms with Crippen molar-refractivity contribution in [1.29, 1.82) is 0 Å². The summed E-state index contributed by atoms with van der Waals surface area (Å²) in [7, 11) is 0. The summed E-state index contributed by atoms with van der Waals surface area (Å²) in [6, 6.07) is 5.82. The summed E-state index contributed by atoms with van der Waals surface area (Å²) >= 11 is 0. The van der Waals surface area contributed by atoms with Crippen LogP contribution in [0.2, 0.25) is 0 Å². The van der Waals surface area contributed by atoms with Crippen molar-refractivity contribution in [3.05, 3.63) is 35.4 Å². The fraction of sp³-hybridized carbons (Fsp3) is 0.647. The van der Waals surface area contributed by atoms with E-state index in [1.54, 1.807) is 12.1 Å². The molecule has 1 atom stereocenters. The van der Waals surface area contributed by atoms with Gasteiger partial charge in [0.25, 0.3) is 0 Å². The molecule has 0 saturated carbocycles. The van der Waals surface area contributed by atoms with Gasteiger partial charge in [-0.25, -0.2) is 0 Å². The van der Waals surface area contributed by atoms with Crippen molar-refractivity contribution < 1.29 is 13.2 Å². The molecule has 1 aliphatic rings. The first kappa shape index (κ1) is 18.2. The van der Waals surface area contributed by atoms with Crippen LogP contribution in [0.15, 0.2) is 24.3 Å². The third-order valence-corrected chi connectivity index (χ3v) is 4.54. The van der Waals surface area contributed by atoms with Crippen molar-refractivity contribution in [3.8, 4) is 0 Å². The van der Waals surface area contributed by atoms with Crippen LogP contribution in [0.3, 0.4) is 0 Å². The van der Waals surface area contributed by atoms with Gasteiger partial charge in [0.2, 0.25) is 0 Å². The molecule has 1 aliphatic heterocycles. The van der Waals surface area contributed by atoms with Crippen molar-refractivity contribution in [2.24, 2.45) is 0 Å². The van der Waals surface area contributed by atoms with Crippen LogP contribution in [0.1, 0.15) is 31.0 Å². The third kappa shape index (κ3) is 4.93. The highest BCUT2D eigenvalue weighted by Crippen LogP contribution is 2.31. The molecule has 1 unspecified atom stereocenters. The summed E-state index contributed by atoms with van der Waals surface area (Å²) in [5.41, 5.74) is 0.384. The van der Waals surface area contributed by atoms with Gasteiger partial charge >= 0.3 is 6.18 Å². The van der Waals surface area contributed by atoms with Crippen LogP contribution in [-0.4, -0.2) is 55.6 Å². The Labute approximate surface area is 136 Å². The first-order valence-corrected chi connectivity index (χ1v) is 8.30. The number of piperazine rings is 1. The van der Waals surface area contributed by atoms with E-state index in [4.69, 9.17) is 0 Å². The number of nitrogens with one attached hydrogen (secondary N) is 1. The van der Waals surface area contributed by atoms with Crippen LogP contribution >= 0.6 is 0 Å². The molecule has 130 valence electrons. The lowest BCUT2D eigenvalue weighted by Gasteiger charge is -2.38. The molecule has 1 heterocycles. The van der Waals surface area contributed by atoms with E-state index in [-0.39, 0.29) is 6.04 Å². The minimum absolute atomic E-state index is 0.138. The molecule has 0 spiro atoms. The highest BCUT2D eigenvalue weighted by atomic mass is 19.4. The second-order valence-corrected chi connectivity index (χ2v) is 5.91. The van der Waals surface area contributed by atoms with Crippen LogP contribution in [-0.2, 0) is 6.18 Å². The second kappa shape index (κ2) is 8.13. The van der Waals surface area contributed by atoms with Gasteiger partial charge in [0, 0.05) is 38.8 Å². The quantitative estimate of drug-likeness (QED) is 0.866. The first-order chi connectivity index (χ1) is 11.0. The van der Waals surface area contributed by atoms with Gasteiger partial charge in [0.05, 0.1) is 5.56 Å². The molecule has 23 heavy (non-hydrogen) atoms. The predicted molar refractivity (Wildman–Crippen MR) is 86.4 cm³/mol. The van der Waals surface area contributed by atoms with Crippen LogP contribution in [0.4, 0.5) is 13.2 Å². The van der Waals surface area contributed by atoms with Crippen molar-refractivity contribution in [1.82, 2.24) is 15.1 Å². The molecule has 6 heteroatoms. The molecule has 1 fully saturated rings. The molecule has 0 aliphatic carbocycles. The molecule has 2 rings (SSSR count). The van der Waals surface area contributed by atoms with E-state index in [1.807, 2.05) is 0 Å². The highest BCUT2D eigenvalue weighted by molar-refractivity contribution is 5.27. The Bertz CT molecular complexity index is 463. The molecule has 1 aromatic carbocycles. The average molecular weight is 329 g/mol. The molecule has 0 radical (unpaired) electrons. The van der Waals surface area contributed by atoms with Gasteiger partial charge < -0.3 is 10.2 Å². The minimum atomic E-state index is -4.28. The Kier molecular flexibility index (Phi) is 6.44. The number of likely N-dealkylation sites (N-methyl/N-ethyl adjacent to an activating group) is 1. The van der Waals surface area contributed by atoms with E-state index >= 15 is 0 Å². The van der Waals surface area contributed by atoms with E-state index in [0.717, 1.165) is 51.4 Å². The van der Waals surface area contributed by atoms with E-state index in [9.17, 15) is 13.2 Å². The van der Waals surface area contributed by atoms with Crippen LogP contribution in [0.25, 0.3) is 0 Å². The van der Waals surface area contributed by atoms with E-state index in [2.05, 4.69) is 29.0 Å². The number of halogens is 3. The zero-order chi connectivity index (χ0) is 16.9. The van der Waals surface area contributed by atoms with Gasteiger partial charge in [0.15, 0.2) is 0 Å². The van der Waals surface area contributed by atoms with Gasteiger partial charge in [-0.2, -0.15) is 13.2 Å². The minimum Gasteiger partial charge on any atom is -0.314 e. The SMILES string of the molecule is CCN(CC)CC(c1ccc(C(F)(F)F)cc1)N1CCNCC1. The van der Waals surface area contributed by atoms with Gasteiger partial charge in [0.1, 0.15) is 0 Å². The maximum atomic E-state index is 12.8. The van der Waals surface area contributed by atoms with Crippen LogP contribution in [0, 0.1) is 0 Å². The number of alkyl halides is 3. The topological polar surface area (TPSA) is 18.5 Å². The Morgan fingerprint density at radius 3 is 2.13 bits per heavy atom. The van der Waals surface area contributed by atoms with Crippen LogP contribution in [0.5, 0.6) is 0 Å². The Hall–Kier alpha value is -1.11. The molecular weight excluding hydrogens is 303 g/mol. The average Bonchev–Trinajstić information content (AvgIpc) is 2.56. The van der Waals surface area contributed by atoms with Crippen molar-refractivity contribution in [2.75, 3.05) is 45.8 Å². The zero-order valence-electron chi connectivity index (χ0n) is 13.9. The summed E-state index contributed by atoms with van der Waals surface area (Å²) in [5.74, 6) is 0. The molecule has 0 aromatic heterocycles. The second-order valence-electron chi connectivity index (χ2n) is 5.91. The van der Waals surface area contributed by atoms with Crippen molar-refractivity contribution >= 4 is 0 Å². The molecule has 1 saturated heterocycles. The molecule has 3 nitrogen and oxygen atoms in total. The maximum absolute atomic E-state index is 12.8. The summed E-state index contributed by atoms with van der Waals surface area (Å²) in [6.07, 6.45) is -4.28. The largest absolute Gasteiger partial charge is 0.416 e. The lowest BCUT2D eigenvalue weighted by Crippen LogP contribution is -2.48. The summed E-state index contributed by atoms with van der Waals surface area (Å²) in [6.45, 7) is 10.7. The lowest BCUT2D eigenvalue weighted by atomic mass is 10.0. The molecular formula is C17H26F3N3. The van der Waals surface area contributed by atoms with E-state index in [1.165, 1.54) is 12.1 Å². The predicted octanol–water partition coefficient (Wildman–Crippen LogP) is 2.99. The lowest BCUT2D eigenvalue weighted by molar-refractivity contribution is -0.137. The summed E-state index contributed by atoms with van der Waals surface area (Å²) < 4.78 is 38.3. The van der Waals surface area contributed by atoms with Gasteiger partial charge in [-0.1, -0.05) is 26.0 Å². The molecule has 1 N–H and O–H groups in total. The summed E-state index contributed by atoms with van der Waals surface area (Å²) in [5, 5.41) is 3.33. The number of nitrogens with zero attached hydrogens (tertiary/aromatic N) is 2. The zero-order valence-corrected chi connectivity index (χ0v) is 13.9. The molecule has 0 bridgehead atoms. The van der Waals surface area contributed by atoms with E-state index in [0.29, 0.717) is 0 Å². The number of rotatable bonds is 6. The number of benzene rings is 1. The third-order valence-electron chi connectivity index (χ3n) is 4.54. The maximum Gasteiger partial charge on any atom is 0.416 e. The Balaban J connectivity index is 2.21.